The van der Waals surface area contributed by atoms with Crippen molar-refractivity contribution >= 4 is 16.9 Å². The van der Waals surface area contributed by atoms with E-state index in [4.69, 9.17) is 5.11 Å². The van der Waals surface area contributed by atoms with Gasteiger partial charge in [-0.05, 0) is 24.6 Å². The molecule has 0 spiro atoms. The van der Waals surface area contributed by atoms with E-state index in [0.717, 1.165) is 0 Å². The van der Waals surface area contributed by atoms with E-state index in [-0.39, 0.29) is 10.9 Å². The molecule has 1 N–H and O–H groups in total. The van der Waals surface area contributed by atoms with E-state index in [1.165, 1.54) is 12.1 Å². The van der Waals surface area contributed by atoms with Gasteiger partial charge in [0.15, 0.2) is 5.82 Å². The third kappa shape index (κ3) is 1.99. The fourth-order valence-corrected chi connectivity index (χ4v) is 1.51. The predicted molar refractivity (Wildman–Crippen MR) is 56.1 cm³/mol. The van der Waals surface area contributed by atoms with E-state index >= 15 is 0 Å². The summed E-state index contributed by atoms with van der Waals surface area (Å²) in [6.45, 7) is 1.03. The van der Waals surface area contributed by atoms with Crippen molar-refractivity contribution in [1.82, 2.24) is 15.0 Å². The highest BCUT2D eigenvalue weighted by molar-refractivity contribution is 5.78. The van der Waals surface area contributed by atoms with Crippen LogP contribution in [0.4, 0.5) is 4.39 Å². The van der Waals surface area contributed by atoms with Crippen LogP contribution in [0.1, 0.15) is 5.56 Å². The molecule has 0 unspecified atom stereocenters. The molecule has 1 heterocycles. The molecular weight excluding hydrogens is 229 g/mol. The standard InChI is InChI=1S/C10H8FN3O3/c1-5-2-6-9(7(11)3-5)12-13-14(10(6)17)4-8(15)16/h2-3H,4H2,1H3,(H,15,16). The predicted octanol–water partition coefficient (Wildman–Crippen LogP) is 0.324. The Labute approximate surface area is 94.3 Å². The first-order valence-electron chi connectivity index (χ1n) is 4.74. The van der Waals surface area contributed by atoms with Crippen molar-refractivity contribution in [3.63, 3.8) is 0 Å². The van der Waals surface area contributed by atoms with Gasteiger partial charge in [0.25, 0.3) is 5.56 Å². The van der Waals surface area contributed by atoms with Gasteiger partial charge >= 0.3 is 5.97 Å². The molecule has 0 fully saturated rings. The number of hydrogen-bond acceptors (Lipinski definition) is 4. The maximum atomic E-state index is 13.5. The van der Waals surface area contributed by atoms with Crippen LogP contribution in [0.5, 0.6) is 0 Å². The monoisotopic (exact) mass is 237 g/mol. The first-order chi connectivity index (χ1) is 7.99. The van der Waals surface area contributed by atoms with Crippen LogP contribution in [0, 0.1) is 12.7 Å². The van der Waals surface area contributed by atoms with Gasteiger partial charge in [-0.25, -0.2) is 4.39 Å². The van der Waals surface area contributed by atoms with Crippen molar-refractivity contribution in [3.8, 4) is 0 Å². The van der Waals surface area contributed by atoms with Crippen molar-refractivity contribution in [2.45, 2.75) is 13.5 Å². The highest BCUT2D eigenvalue weighted by Crippen LogP contribution is 2.13. The Balaban J connectivity index is 2.75. The summed E-state index contributed by atoms with van der Waals surface area (Å²) in [6.07, 6.45) is 0. The molecule has 0 aliphatic carbocycles. The van der Waals surface area contributed by atoms with Crippen LogP contribution in [-0.4, -0.2) is 26.1 Å². The second kappa shape index (κ2) is 3.93. The molecular formula is C10H8FN3O3. The van der Waals surface area contributed by atoms with Gasteiger partial charge in [0.05, 0.1) is 5.39 Å². The third-order valence-corrected chi connectivity index (χ3v) is 2.21. The highest BCUT2D eigenvalue weighted by Gasteiger charge is 2.11. The van der Waals surface area contributed by atoms with E-state index < -0.39 is 23.9 Å². The lowest BCUT2D eigenvalue weighted by molar-refractivity contribution is -0.138. The molecule has 0 bridgehead atoms. The molecule has 1 aromatic carbocycles. The average Bonchev–Trinajstić information content (AvgIpc) is 2.22. The van der Waals surface area contributed by atoms with Crippen LogP contribution in [-0.2, 0) is 11.3 Å². The van der Waals surface area contributed by atoms with Gasteiger partial charge < -0.3 is 5.11 Å². The fraction of sp³-hybridized carbons (Fsp3) is 0.200. The number of aromatic nitrogens is 3. The molecule has 6 nitrogen and oxygen atoms in total. The molecule has 2 aromatic rings. The number of carboxylic acids is 1. The van der Waals surface area contributed by atoms with Gasteiger partial charge in [-0.15, -0.1) is 5.10 Å². The minimum Gasteiger partial charge on any atom is -0.480 e. The molecule has 0 saturated heterocycles. The number of aliphatic carboxylic acids is 1. The summed E-state index contributed by atoms with van der Waals surface area (Å²) in [5.41, 5.74) is -0.260. The lowest BCUT2D eigenvalue weighted by atomic mass is 10.1. The van der Waals surface area contributed by atoms with Crippen molar-refractivity contribution in [3.05, 3.63) is 33.9 Å². The largest absolute Gasteiger partial charge is 0.480 e. The Morgan fingerprint density at radius 1 is 1.53 bits per heavy atom. The number of halogens is 1. The van der Waals surface area contributed by atoms with E-state index in [9.17, 15) is 14.0 Å². The van der Waals surface area contributed by atoms with Crippen LogP contribution < -0.4 is 5.56 Å². The second-order valence-electron chi connectivity index (χ2n) is 3.59. The number of nitrogens with zero attached hydrogens (tertiary/aromatic N) is 3. The first-order valence-corrected chi connectivity index (χ1v) is 4.74. The molecule has 17 heavy (non-hydrogen) atoms. The minimum atomic E-state index is -1.21. The smallest absolute Gasteiger partial charge is 0.325 e. The average molecular weight is 237 g/mol. The van der Waals surface area contributed by atoms with Gasteiger partial charge in [0.1, 0.15) is 12.1 Å². The van der Waals surface area contributed by atoms with Gasteiger partial charge in [0, 0.05) is 0 Å². The highest BCUT2D eigenvalue weighted by atomic mass is 19.1. The summed E-state index contributed by atoms with van der Waals surface area (Å²) >= 11 is 0. The number of carboxylic acid groups (broad SMARTS) is 1. The Kier molecular flexibility index (Phi) is 2.58. The Morgan fingerprint density at radius 2 is 2.24 bits per heavy atom. The van der Waals surface area contributed by atoms with Crippen LogP contribution in [0.25, 0.3) is 10.9 Å². The maximum Gasteiger partial charge on any atom is 0.325 e. The van der Waals surface area contributed by atoms with Crippen LogP contribution in [0.3, 0.4) is 0 Å². The summed E-state index contributed by atoms with van der Waals surface area (Å²) in [5.74, 6) is -1.86. The summed E-state index contributed by atoms with van der Waals surface area (Å²) in [5, 5.41) is 15.5. The molecule has 88 valence electrons. The van der Waals surface area contributed by atoms with Crippen molar-refractivity contribution in [2.75, 3.05) is 0 Å². The number of aryl methyl sites for hydroxylation is 1. The van der Waals surface area contributed by atoms with Gasteiger partial charge in [-0.3, -0.25) is 9.59 Å². The Bertz CT molecular complexity index is 666. The molecule has 0 atom stereocenters. The van der Waals surface area contributed by atoms with Crippen molar-refractivity contribution < 1.29 is 14.3 Å². The van der Waals surface area contributed by atoms with Crippen LogP contribution in [0.2, 0.25) is 0 Å². The zero-order chi connectivity index (χ0) is 12.6. The van der Waals surface area contributed by atoms with Gasteiger partial charge in [-0.1, -0.05) is 5.21 Å². The quantitative estimate of drug-likeness (QED) is 0.813. The van der Waals surface area contributed by atoms with E-state index in [0.29, 0.717) is 10.2 Å². The van der Waals surface area contributed by atoms with E-state index in [2.05, 4.69) is 10.3 Å². The van der Waals surface area contributed by atoms with Crippen LogP contribution >= 0.6 is 0 Å². The number of fused-ring (bicyclic) bond motifs is 1. The zero-order valence-corrected chi connectivity index (χ0v) is 8.85. The van der Waals surface area contributed by atoms with Crippen molar-refractivity contribution in [2.24, 2.45) is 0 Å². The first kappa shape index (κ1) is 11.2. The summed E-state index contributed by atoms with van der Waals surface area (Å²) in [6, 6.07) is 2.69. The van der Waals surface area contributed by atoms with Gasteiger partial charge in [-0.2, -0.15) is 4.68 Å². The van der Waals surface area contributed by atoms with Crippen molar-refractivity contribution in [1.29, 1.82) is 0 Å². The third-order valence-electron chi connectivity index (χ3n) is 2.21. The van der Waals surface area contributed by atoms with Crippen LogP contribution in [0.15, 0.2) is 16.9 Å². The lowest BCUT2D eigenvalue weighted by Gasteiger charge is -2.03. The number of carbonyl (C=O) groups is 1. The Hall–Kier alpha value is -2.31. The summed E-state index contributed by atoms with van der Waals surface area (Å²) in [4.78, 5) is 22.3. The number of benzene rings is 1. The second-order valence-corrected chi connectivity index (χ2v) is 3.59. The lowest BCUT2D eigenvalue weighted by Crippen LogP contribution is -2.28. The van der Waals surface area contributed by atoms with E-state index in [1.54, 1.807) is 6.92 Å². The molecule has 2 rings (SSSR count). The Morgan fingerprint density at radius 3 is 2.88 bits per heavy atom. The normalized spacial score (nSPS) is 10.7. The van der Waals surface area contributed by atoms with Gasteiger partial charge in [0.2, 0.25) is 0 Å². The summed E-state index contributed by atoms with van der Waals surface area (Å²) in [7, 11) is 0. The zero-order valence-electron chi connectivity index (χ0n) is 8.85. The SMILES string of the molecule is Cc1cc(F)c2nnn(CC(=O)O)c(=O)c2c1. The summed E-state index contributed by atoms with van der Waals surface area (Å²) < 4.78 is 14.1. The fourth-order valence-electron chi connectivity index (χ4n) is 1.51. The molecule has 0 amide bonds. The topological polar surface area (TPSA) is 85.1 Å². The minimum absolute atomic E-state index is 0.0266. The molecule has 7 heteroatoms. The molecule has 1 aromatic heterocycles. The molecule has 0 aliphatic rings. The molecule has 0 radical (unpaired) electrons. The molecule has 0 aliphatic heterocycles. The number of rotatable bonds is 2. The van der Waals surface area contributed by atoms with E-state index in [1.807, 2.05) is 0 Å². The number of hydrogen-bond donors (Lipinski definition) is 1. The molecule has 0 saturated carbocycles. The maximum absolute atomic E-state index is 13.5.